The molecule has 146 valence electrons. The van der Waals surface area contributed by atoms with Crippen molar-refractivity contribution in [1.82, 2.24) is 24.9 Å². The number of nitrogens with one attached hydrogen (secondary N) is 2. The Morgan fingerprint density at radius 3 is 2.52 bits per heavy atom. The van der Waals surface area contributed by atoms with Crippen LogP contribution in [0.2, 0.25) is 0 Å². The summed E-state index contributed by atoms with van der Waals surface area (Å²) >= 11 is 0. The number of aryl methyl sites for hydroxylation is 1. The van der Waals surface area contributed by atoms with E-state index < -0.39 is 41.1 Å². The van der Waals surface area contributed by atoms with Crippen molar-refractivity contribution < 1.29 is 23.3 Å². The molecule has 2 heterocycles. The molecule has 2 aromatic heterocycles. The Bertz CT molecular complexity index is 890. The molecular weight excluding hydrogens is 368 g/mol. The van der Waals surface area contributed by atoms with Crippen molar-refractivity contribution in [3.8, 4) is 0 Å². The molecule has 0 radical (unpaired) electrons. The van der Waals surface area contributed by atoms with Crippen molar-refractivity contribution in [3.05, 3.63) is 33.4 Å². The number of nitro groups is 1. The van der Waals surface area contributed by atoms with E-state index >= 15 is 0 Å². The number of halogens is 2. The Balaban J connectivity index is 2.27. The number of anilines is 1. The largest absolute Gasteiger partial charge is 0.354 e. The lowest BCUT2D eigenvalue weighted by Crippen LogP contribution is -2.24. The average Bonchev–Trinajstić information content (AvgIpc) is 3.15. The van der Waals surface area contributed by atoms with Gasteiger partial charge in [0.2, 0.25) is 11.6 Å². The standard InChI is InChI=1S/C14H17F2N7O4/c1-4-21-5-8(10(19-21)14(25)17-3)18-9(24)6-22-7(2)12(23(26)27)11(20-22)13(15)16/h5,13H,4,6H2,1-3H3,(H,17,25)(H,18,24). The number of alkyl halides is 2. The SMILES string of the molecule is CCn1cc(NC(=O)Cn2nc(C(F)F)c([N+](=O)[O-])c2C)c(C(=O)NC)n1. The first kappa shape index (κ1) is 19.9. The normalized spacial score (nSPS) is 10.9. The molecule has 0 aliphatic rings. The van der Waals surface area contributed by atoms with E-state index in [1.54, 1.807) is 6.92 Å². The Hall–Kier alpha value is -3.38. The summed E-state index contributed by atoms with van der Waals surface area (Å²) in [6.07, 6.45) is -1.72. The number of carbonyl (C=O) groups is 2. The number of carbonyl (C=O) groups excluding carboxylic acids is 2. The third-order valence-electron chi connectivity index (χ3n) is 3.69. The minimum absolute atomic E-state index is 0.0239. The summed E-state index contributed by atoms with van der Waals surface area (Å²) < 4.78 is 28.2. The van der Waals surface area contributed by atoms with Gasteiger partial charge in [0.1, 0.15) is 12.2 Å². The first-order valence-electron chi connectivity index (χ1n) is 7.78. The molecule has 0 saturated heterocycles. The van der Waals surface area contributed by atoms with Crippen molar-refractivity contribution in [1.29, 1.82) is 0 Å². The monoisotopic (exact) mass is 385 g/mol. The van der Waals surface area contributed by atoms with Crippen LogP contribution in [0.25, 0.3) is 0 Å². The summed E-state index contributed by atoms with van der Waals surface area (Å²) in [6, 6.07) is 0. The second kappa shape index (κ2) is 7.88. The molecule has 13 heteroatoms. The highest BCUT2D eigenvalue weighted by molar-refractivity contribution is 6.02. The van der Waals surface area contributed by atoms with E-state index in [4.69, 9.17) is 0 Å². The van der Waals surface area contributed by atoms with Gasteiger partial charge in [0, 0.05) is 19.8 Å². The molecular formula is C14H17F2N7O4. The second-order valence-electron chi connectivity index (χ2n) is 5.41. The van der Waals surface area contributed by atoms with Gasteiger partial charge < -0.3 is 10.6 Å². The maximum Gasteiger partial charge on any atom is 0.319 e. The minimum Gasteiger partial charge on any atom is -0.354 e. The molecule has 0 unspecified atom stereocenters. The van der Waals surface area contributed by atoms with Crippen LogP contribution < -0.4 is 10.6 Å². The molecule has 0 aliphatic heterocycles. The van der Waals surface area contributed by atoms with Gasteiger partial charge in [0.15, 0.2) is 5.69 Å². The third-order valence-corrected chi connectivity index (χ3v) is 3.69. The zero-order chi connectivity index (χ0) is 20.3. The average molecular weight is 385 g/mol. The molecule has 2 aromatic rings. The fourth-order valence-electron chi connectivity index (χ4n) is 2.37. The van der Waals surface area contributed by atoms with Gasteiger partial charge in [0.25, 0.3) is 12.3 Å². The highest BCUT2D eigenvalue weighted by Crippen LogP contribution is 2.30. The van der Waals surface area contributed by atoms with E-state index in [1.165, 1.54) is 24.9 Å². The smallest absolute Gasteiger partial charge is 0.319 e. The van der Waals surface area contributed by atoms with Crippen LogP contribution in [0.3, 0.4) is 0 Å². The van der Waals surface area contributed by atoms with Gasteiger partial charge in [-0.3, -0.25) is 29.1 Å². The van der Waals surface area contributed by atoms with Crippen molar-refractivity contribution in [2.75, 3.05) is 12.4 Å². The van der Waals surface area contributed by atoms with Gasteiger partial charge in [-0.05, 0) is 13.8 Å². The van der Waals surface area contributed by atoms with Gasteiger partial charge in [-0.25, -0.2) is 8.78 Å². The lowest BCUT2D eigenvalue weighted by Gasteiger charge is -2.06. The van der Waals surface area contributed by atoms with Crippen LogP contribution in [0.1, 0.15) is 35.2 Å². The first-order chi connectivity index (χ1) is 12.7. The molecule has 0 saturated carbocycles. The third kappa shape index (κ3) is 4.07. The van der Waals surface area contributed by atoms with E-state index in [0.29, 0.717) is 6.54 Å². The molecule has 0 aromatic carbocycles. The zero-order valence-electron chi connectivity index (χ0n) is 14.7. The van der Waals surface area contributed by atoms with Gasteiger partial charge in [-0.2, -0.15) is 10.2 Å². The van der Waals surface area contributed by atoms with E-state index in [9.17, 15) is 28.5 Å². The molecule has 0 atom stereocenters. The fraction of sp³-hybridized carbons (Fsp3) is 0.429. The number of hydrogen-bond donors (Lipinski definition) is 2. The first-order valence-corrected chi connectivity index (χ1v) is 7.78. The highest BCUT2D eigenvalue weighted by atomic mass is 19.3. The fourth-order valence-corrected chi connectivity index (χ4v) is 2.37. The molecule has 2 amide bonds. The molecule has 27 heavy (non-hydrogen) atoms. The molecule has 2 rings (SSSR count). The predicted octanol–water partition coefficient (Wildman–Crippen LogP) is 1.25. The van der Waals surface area contributed by atoms with Gasteiger partial charge in [0.05, 0.1) is 10.6 Å². The molecule has 0 spiro atoms. The van der Waals surface area contributed by atoms with Crippen LogP contribution in [0.15, 0.2) is 6.20 Å². The van der Waals surface area contributed by atoms with Crippen LogP contribution in [0.5, 0.6) is 0 Å². The van der Waals surface area contributed by atoms with Crippen LogP contribution in [-0.2, 0) is 17.9 Å². The van der Waals surface area contributed by atoms with Gasteiger partial charge in [-0.1, -0.05) is 0 Å². The molecule has 0 aliphatic carbocycles. The Labute approximate surface area is 151 Å². The maximum absolute atomic E-state index is 13.0. The summed E-state index contributed by atoms with van der Waals surface area (Å²) in [4.78, 5) is 34.1. The second-order valence-corrected chi connectivity index (χ2v) is 5.41. The predicted molar refractivity (Wildman–Crippen MR) is 88.5 cm³/mol. The molecule has 0 fully saturated rings. The molecule has 11 nitrogen and oxygen atoms in total. The lowest BCUT2D eigenvalue weighted by atomic mass is 10.3. The van der Waals surface area contributed by atoms with Crippen molar-refractivity contribution in [2.24, 2.45) is 0 Å². The van der Waals surface area contributed by atoms with Gasteiger partial charge in [-0.15, -0.1) is 0 Å². The van der Waals surface area contributed by atoms with E-state index in [1.807, 2.05) is 0 Å². The Morgan fingerprint density at radius 2 is 2.04 bits per heavy atom. The van der Waals surface area contributed by atoms with E-state index in [-0.39, 0.29) is 17.1 Å². The molecule has 2 N–H and O–H groups in total. The number of nitrogens with zero attached hydrogens (tertiary/aromatic N) is 5. The number of amides is 2. The Morgan fingerprint density at radius 1 is 1.37 bits per heavy atom. The zero-order valence-corrected chi connectivity index (χ0v) is 14.7. The Kier molecular flexibility index (Phi) is 5.82. The number of aromatic nitrogens is 4. The summed E-state index contributed by atoms with van der Waals surface area (Å²) in [5, 5.41) is 23.3. The van der Waals surface area contributed by atoms with Crippen molar-refractivity contribution in [3.63, 3.8) is 0 Å². The van der Waals surface area contributed by atoms with Gasteiger partial charge >= 0.3 is 5.69 Å². The number of hydrogen-bond acceptors (Lipinski definition) is 6. The summed E-state index contributed by atoms with van der Waals surface area (Å²) in [5.41, 5.74) is -1.92. The van der Waals surface area contributed by atoms with E-state index in [2.05, 4.69) is 20.8 Å². The van der Waals surface area contributed by atoms with Crippen molar-refractivity contribution in [2.45, 2.75) is 33.4 Å². The summed E-state index contributed by atoms with van der Waals surface area (Å²) in [5.74, 6) is -1.24. The maximum atomic E-state index is 13.0. The summed E-state index contributed by atoms with van der Waals surface area (Å²) in [6.45, 7) is 2.89. The van der Waals surface area contributed by atoms with E-state index in [0.717, 1.165) is 4.68 Å². The topological polar surface area (TPSA) is 137 Å². The molecule has 0 bridgehead atoms. The highest BCUT2D eigenvalue weighted by Gasteiger charge is 2.31. The lowest BCUT2D eigenvalue weighted by molar-refractivity contribution is -0.386. The summed E-state index contributed by atoms with van der Waals surface area (Å²) in [7, 11) is 1.40. The number of rotatable bonds is 7. The minimum atomic E-state index is -3.16. The van der Waals surface area contributed by atoms with Crippen LogP contribution in [0, 0.1) is 17.0 Å². The van der Waals surface area contributed by atoms with Crippen LogP contribution in [0.4, 0.5) is 20.2 Å². The van der Waals surface area contributed by atoms with Crippen LogP contribution >= 0.6 is 0 Å². The van der Waals surface area contributed by atoms with Crippen LogP contribution in [-0.4, -0.2) is 43.3 Å². The quantitative estimate of drug-likeness (QED) is 0.544. The van der Waals surface area contributed by atoms with Crippen molar-refractivity contribution >= 4 is 23.2 Å².